The van der Waals surface area contributed by atoms with Crippen LogP contribution < -0.4 is 5.32 Å². The van der Waals surface area contributed by atoms with E-state index >= 15 is 0 Å². The summed E-state index contributed by atoms with van der Waals surface area (Å²) in [6.45, 7) is 0. The minimum absolute atomic E-state index is 0.106. The lowest BCUT2D eigenvalue weighted by molar-refractivity contribution is -0.136. The first kappa shape index (κ1) is 14.8. The third kappa shape index (κ3) is 3.03. The van der Waals surface area contributed by atoms with Gasteiger partial charge in [-0.3, -0.25) is 19.7 Å². The summed E-state index contributed by atoms with van der Waals surface area (Å²) in [5.41, 5.74) is 1.60. The fourth-order valence-corrected chi connectivity index (χ4v) is 3.43. The van der Waals surface area contributed by atoms with Crippen LogP contribution in [0.1, 0.15) is 48.0 Å². The Balaban J connectivity index is 1.62. The summed E-state index contributed by atoms with van der Waals surface area (Å²) in [5.74, 6) is -0.0209. The van der Waals surface area contributed by atoms with Gasteiger partial charge in [0.05, 0.1) is 0 Å². The second kappa shape index (κ2) is 5.91. The van der Waals surface area contributed by atoms with E-state index in [1.165, 1.54) is 0 Å². The van der Waals surface area contributed by atoms with Gasteiger partial charge < -0.3 is 5.11 Å². The summed E-state index contributed by atoms with van der Waals surface area (Å²) < 4.78 is 0. The number of carbonyl (C=O) groups is 3. The van der Waals surface area contributed by atoms with Gasteiger partial charge in [-0.15, -0.1) is 0 Å². The van der Waals surface area contributed by atoms with Crippen LogP contribution >= 0.6 is 0 Å². The molecule has 1 heterocycles. The summed E-state index contributed by atoms with van der Waals surface area (Å²) in [6.07, 6.45) is 3.73. The average molecular weight is 301 g/mol. The van der Waals surface area contributed by atoms with Gasteiger partial charge in [0, 0.05) is 24.3 Å². The third-order valence-corrected chi connectivity index (χ3v) is 4.65. The first-order valence-electron chi connectivity index (χ1n) is 7.71. The molecular weight excluding hydrogens is 282 g/mol. The number of imide groups is 1. The van der Waals surface area contributed by atoms with Gasteiger partial charge in [-0.2, -0.15) is 0 Å². The van der Waals surface area contributed by atoms with Crippen molar-refractivity contribution in [2.24, 2.45) is 11.8 Å². The van der Waals surface area contributed by atoms with Crippen molar-refractivity contribution in [3.05, 3.63) is 29.3 Å². The predicted molar refractivity (Wildman–Crippen MR) is 79.4 cm³/mol. The molecule has 2 aliphatic rings. The minimum atomic E-state index is -0.196. The number of aromatic hydroxyl groups is 1. The number of hydrogen-bond acceptors (Lipinski definition) is 4. The van der Waals surface area contributed by atoms with Gasteiger partial charge in [0.15, 0.2) is 5.78 Å². The standard InChI is InChI=1S/C17H19NO4/c19-13-4-5-14-12(9-13)7-10(8-15(14)20)1-2-11-3-6-16(21)18-17(11)22/h4-5,9-11,19H,1-3,6-8H2,(H,18,21,22). The number of piperidine rings is 1. The summed E-state index contributed by atoms with van der Waals surface area (Å²) in [5, 5.41) is 11.9. The lowest BCUT2D eigenvalue weighted by atomic mass is 9.79. The molecule has 5 heteroatoms. The molecule has 0 bridgehead atoms. The molecule has 3 rings (SSSR count). The number of ketones is 1. The SMILES string of the molecule is O=C1CCC(CCC2CC(=O)c3ccc(O)cc3C2)C(=O)N1. The van der Waals surface area contributed by atoms with E-state index in [0.29, 0.717) is 31.2 Å². The van der Waals surface area contributed by atoms with Gasteiger partial charge in [-0.05, 0) is 55.4 Å². The molecule has 1 fully saturated rings. The van der Waals surface area contributed by atoms with Gasteiger partial charge in [-0.1, -0.05) is 0 Å². The molecule has 2 atom stereocenters. The van der Waals surface area contributed by atoms with Crippen LogP contribution in [-0.4, -0.2) is 22.7 Å². The zero-order chi connectivity index (χ0) is 15.7. The summed E-state index contributed by atoms with van der Waals surface area (Å²) in [6, 6.07) is 4.88. The highest BCUT2D eigenvalue weighted by Crippen LogP contribution is 2.32. The molecule has 0 aromatic heterocycles. The number of nitrogens with one attached hydrogen (secondary N) is 1. The van der Waals surface area contributed by atoms with E-state index in [4.69, 9.17) is 0 Å². The van der Waals surface area contributed by atoms with Crippen molar-refractivity contribution in [1.29, 1.82) is 0 Å². The van der Waals surface area contributed by atoms with Crippen LogP contribution in [0.15, 0.2) is 18.2 Å². The fraction of sp³-hybridized carbons (Fsp3) is 0.471. The van der Waals surface area contributed by atoms with E-state index in [9.17, 15) is 19.5 Å². The Labute approximate surface area is 128 Å². The molecule has 0 spiro atoms. The number of benzene rings is 1. The predicted octanol–water partition coefficient (Wildman–Crippen LogP) is 1.97. The van der Waals surface area contributed by atoms with Crippen LogP contribution in [-0.2, 0) is 16.0 Å². The highest BCUT2D eigenvalue weighted by Gasteiger charge is 2.29. The second-order valence-electron chi connectivity index (χ2n) is 6.26. The molecular formula is C17H19NO4. The van der Waals surface area contributed by atoms with E-state index in [1.807, 2.05) is 0 Å². The lowest BCUT2D eigenvalue weighted by Crippen LogP contribution is -2.40. The molecule has 1 aromatic carbocycles. The smallest absolute Gasteiger partial charge is 0.229 e. The Bertz CT molecular complexity index is 638. The maximum atomic E-state index is 12.2. The van der Waals surface area contributed by atoms with Gasteiger partial charge in [0.1, 0.15) is 5.75 Å². The lowest BCUT2D eigenvalue weighted by Gasteiger charge is -2.26. The zero-order valence-electron chi connectivity index (χ0n) is 12.3. The second-order valence-corrected chi connectivity index (χ2v) is 6.26. The minimum Gasteiger partial charge on any atom is -0.508 e. The number of phenols is 1. The number of amides is 2. The highest BCUT2D eigenvalue weighted by atomic mass is 16.3. The first-order chi connectivity index (χ1) is 10.5. The van der Waals surface area contributed by atoms with E-state index in [2.05, 4.69) is 5.32 Å². The molecule has 5 nitrogen and oxygen atoms in total. The Morgan fingerprint density at radius 2 is 1.95 bits per heavy atom. The zero-order valence-corrected chi connectivity index (χ0v) is 12.3. The number of rotatable bonds is 3. The van der Waals surface area contributed by atoms with Crippen molar-refractivity contribution in [1.82, 2.24) is 5.32 Å². The molecule has 2 unspecified atom stereocenters. The third-order valence-electron chi connectivity index (χ3n) is 4.65. The molecule has 2 N–H and O–H groups in total. The van der Waals surface area contributed by atoms with Crippen LogP contribution in [0.25, 0.3) is 0 Å². The molecule has 2 amide bonds. The van der Waals surface area contributed by atoms with E-state index < -0.39 is 0 Å². The molecule has 116 valence electrons. The van der Waals surface area contributed by atoms with Gasteiger partial charge >= 0.3 is 0 Å². The molecule has 1 aliphatic heterocycles. The highest BCUT2D eigenvalue weighted by molar-refractivity contribution is 5.99. The van der Waals surface area contributed by atoms with Crippen molar-refractivity contribution in [3.8, 4) is 5.75 Å². The monoisotopic (exact) mass is 301 g/mol. The molecule has 1 aliphatic carbocycles. The van der Waals surface area contributed by atoms with Crippen molar-refractivity contribution < 1.29 is 19.5 Å². The molecule has 0 saturated carbocycles. The van der Waals surface area contributed by atoms with Crippen LogP contribution in [0, 0.1) is 11.8 Å². The summed E-state index contributed by atoms with van der Waals surface area (Å²) in [4.78, 5) is 35.0. The van der Waals surface area contributed by atoms with Crippen LogP contribution in [0.2, 0.25) is 0 Å². The van der Waals surface area contributed by atoms with Crippen LogP contribution in [0.5, 0.6) is 5.75 Å². The maximum Gasteiger partial charge on any atom is 0.229 e. The summed E-state index contributed by atoms with van der Waals surface area (Å²) >= 11 is 0. The van der Waals surface area contributed by atoms with Gasteiger partial charge in [0.2, 0.25) is 11.8 Å². The number of hydrogen-bond donors (Lipinski definition) is 2. The summed E-state index contributed by atoms with van der Waals surface area (Å²) in [7, 11) is 0. The largest absolute Gasteiger partial charge is 0.508 e. The molecule has 0 radical (unpaired) electrons. The average Bonchev–Trinajstić information content (AvgIpc) is 2.46. The van der Waals surface area contributed by atoms with Crippen molar-refractivity contribution >= 4 is 17.6 Å². The number of Topliss-reactive ketones (excluding diaryl/α,β-unsaturated/α-hetero) is 1. The fourth-order valence-electron chi connectivity index (χ4n) is 3.43. The van der Waals surface area contributed by atoms with Crippen molar-refractivity contribution in [2.75, 3.05) is 0 Å². The van der Waals surface area contributed by atoms with Crippen LogP contribution in [0.4, 0.5) is 0 Å². The van der Waals surface area contributed by atoms with Gasteiger partial charge in [0.25, 0.3) is 0 Å². The van der Waals surface area contributed by atoms with Crippen LogP contribution in [0.3, 0.4) is 0 Å². The van der Waals surface area contributed by atoms with Crippen molar-refractivity contribution in [3.63, 3.8) is 0 Å². The van der Waals surface area contributed by atoms with E-state index in [0.717, 1.165) is 18.4 Å². The number of phenolic OH excluding ortho intramolecular Hbond substituents is 1. The first-order valence-corrected chi connectivity index (χ1v) is 7.71. The van der Waals surface area contributed by atoms with Gasteiger partial charge in [-0.25, -0.2) is 0 Å². The Morgan fingerprint density at radius 3 is 2.73 bits per heavy atom. The number of fused-ring (bicyclic) bond motifs is 1. The number of carbonyl (C=O) groups excluding carboxylic acids is 3. The molecule has 1 aromatic rings. The Kier molecular flexibility index (Phi) is 3.96. The molecule has 22 heavy (non-hydrogen) atoms. The van der Waals surface area contributed by atoms with E-state index in [1.54, 1.807) is 18.2 Å². The Hall–Kier alpha value is -2.17. The van der Waals surface area contributed by atoms with E-state index in [-0.39, 0.29) is 35.2 Å². The topological polar surface area (TPSA) is 83.5 Å². The quantitative estimate of drug-likeness (QED) is 0.836. The molecule has 1 saturated heterocycles. The Morgan fingerprint density at radius 1 is 1.14 bits per heavy atom. The van der Waals surface area contributed by atoms with Crippen molar-refractivity contribution in [2.45, 2.75) is 38.5 Å². The maximum absolute atomic E-state index is 12.2. The normalized spacial score (nSPS) is 24.8.